The normalized spacial score (nSPS) is 11.1. The van der Waals surface area contributed by atoms with Gasteiger partial charge in [-0.1, -0.05) is 0 Å². The van der Waals surface area contributed by atoms with E-state index in [1.807, 2.05) is 0 Å². The summed E-state index contributed by atoms with van der Waals surface area (Å²) in [6, 6.07) is 10.0. The second-order valence-electron chi connectivity index (χ2n) is 4.10. The van der Waals surface area contributed by atoms with Crippen LogP contribution in [-0.2, 0) is 10.0 Å². The van der Waals surface area contributed by atoms with Crippen LogP contribution in [0.2, 0.25) is 0 Å². The molecule has 0 saturated heterocycles. The Morgan fingerprint density at radius 1 is 1.14 bits per heavy atom. The van der Waals surface area contributed by atoms with Gasteiger partial charge in [0, 0.05) is 21.0 Å². The van der Waals surface area contributed by atoms with Gasteiger partial charge < -0.3 is 5.73 Å². The maximum atomic E-state index is 12.3. The van der Waals surface area contributed by atoms with Gasteiger partial charge in [-0.3, -0.25) is 14.8 Å². The van der Waals surface area contributed by atoms with E-state index in [-0.39, 0.29) is 5.69 Å². The van der Waals surface area contributed by atoms with Gasteiger partial charge in [0.1, 0.15) is 0 Å². The Bertz CT molecular complexity index is 791. The average molecular weight is 419 g/mol. The lowest BCUT2D eigenvalue weighted by molar-refractivity contribution is -0.387. The number of benzene rings is 2. The monoisotopic (exact) mass is 419 g/mol. The minimum absolute atomic E-state index is 0.120. The largest absolute Gasteiger partial charge is 0.399 e. The lowest BCUT2D eigenvalue weighted by Crippen LogP contribution is -2.15. The Hall–Kier alpha value is -1.88. The SMILES string of the molecule is Nc1ccc(S(=O)(=O)Nc2ccc(I)cc2)c([N+](=O)[O-])c1. The summed E-state index contributed by atoms with van der Waals surface area (Å²) in [6.45, 7) is 0. The van der Waals surface area contributed by atoms with E-state index < -0.39 is 25.5 Å². The molecule has 9 heteroatoms. The van der Waals surface area contributed by atoms with E-state index in [4.69, 9.17) is 5.73 Å². The highest BCUT2D eigenvalue weighted by Crippen LogP contribution is 2.27. The highest BCUT2D eigenvalue weighted by atomic mass is 127. The standard InChI is InChI=1S/C12H10IN3O4S/c13-8-1-4-10(5-2-8)15-21(19,20)12-6-3-9(14)7-11(12)16(17)18/h1-7,15H,14H2. The molecule has 0 aliphatic carbocycles. The summed E-state index contributed by atoms with van der Waals surface area (Å²) < 4.78 is 27.8. The molecule has 0 aliphatic heterocycles. The third-order valence-electron chi connectivity index (χ3n) is 2.57. The van der Waals surface area contributed by atoms with Gasteiger partial charge in [0.15, 0.2) is 4.90 Å². The summed E-state index contributed by atoms with van der Waals surface area (Å²) in [6.07, 6.45) is 0. The smallest absolute Gasteiger partial charge is 0.291 e. The molecule has 0 bridgehead atoms. The summed E-state index contributed by atoms with van der Waals surface area (Å²) >= 11 is 2.08. The van der Waals surface area contributed by atoms with Gasteiger partial charge in [-0.05, 0) is 59.0 Å². The zero-order chi connectivity index (χ0) is 15.6. The van der Waals surface area contributed by atoms with Crippen LogP contribution < -0.4 is 10.5 Å². The lowest BCUT2D eigenvalue weighted by Gasteiger charge is -2.09. The lowest BCUT2D eigenvalue weighted by atomic mass is 10.3. The summed E-state index contributed by atoms with van der Waals surface area (Å²) in [7, 11) is -4.07. The number of nitrogen functional groups attached to an aromatic ring is 1. The molecule has 3 N–H and O–H groups in total. The first kappa shape index (κ1) is 15.5. The Morgan fingerprint density at radius 2 is 1.76 bits per heavy atom. The molecule has 0 radical (unpaired) electrons. The van der Waals surface area contributed by atoms with Gasteiger partial charge in [0.25, 0.3) is 15.7 Å². The van der Waals surface area contributed by atoms with Crippen LogP contribution in [0.1, 0.15) is 0 Å². The van der Waals surface area contributed by atoms with Crippen LogP contribution in [0.3, 0.4) is 0 Å². The Balaban J connectivity index is 2.44. The van der Waals surface area contributed by atoms with Crippen LogP contribution in [0.25, 0.3) is 0 Å². The maximum Gasteiger partial charge on any atom is 0.291 e. The van der Waals surface area contributed by atoms with Crippen molar-refractivity contribution in [3.05, 3.63) is 56.1 Å². The molecule has 2 rings (SSSR count). The molecule has 7 nitrogen and oxygen atoms in total. The second-order valence-corrected chi connectivity index (χ2v) is 6.99. The van der Waals surface area contributed by atoms with Gasteiger partial charge in [-0.15, -0.1) is 0 Å². The third-order valence-corrected chi connectivity index (χ3v) is 4.71. The van der Waals surface area contributed by atoms with E-state index in [0.717, 1.165) is 15.7 Å². The molecular formula is C12H10IN3O4S. The molecule has 0 unspecified atom stereocenters. The molecule has 0 spiro atoms. The summed E-state index contributed by atoms with van der Waals surface area (Å²) in [5.41, 5.74) is 5.34. The third kappa shape index (κ3) is 3.61. The molecule has 0 amide bonds. The number of nitrogens with two attached hydrogens (primary N) is 1. The number of anilines is 2. The number of nitro groups is 1. The molecule has 0 atom stereocenters. The fourth-order valence-electron chi connectivity index (χ4n) is 1.63. The molecule has 0 aromatic heterocycles. The van der Waals surface area contributed by atoms with Crippen molar-refractivity contribution in [2.45, 2.75) is 4.90 Å². The molecule has 21 heavy (non-hydrogen) atoms. The number of rotatable bonds is 4. The fraction of sp³-hybridized carbons (Fsp3) is 0. The van der Waals surface area contributed by atoms with Crippen molar-refractivity contribution in [3.8, 4) is 0 Å². The Kier molecular flexibility index (Phi) is 4.32. The van der Waals surface area contributed by atoms with Crippen LogP contribution >= 0.6 is 22.6 Å². The molecule has 0 fully saturated rings. The number of halogens is 1. The average Bonchev–Trinajstić information content (AvgIpc) is 2.40. The quantitative estimate of drug-likeness (QED) is 0.342. The van der Waals surface area contributed by atoms with Crippen molar-refractivity contribution in [1.82, 2.24) is 0 Å². The van der Waals surface area contributed by atoms with E-state index in [1.165, 1.54) is 6.07 Å². The van der Waals surface area contributed by atoms with Crippen molar-refractivity contribution in [3.63, 3.8) is 0 Å². The van der Waals surface area contributed by atoms with Crippen molar-refractivity contribution in [2.24, 2.45) is 0 Å². The first-order chi connectivity index (χ1) is 9.79. The van der Waals surface area contributed by atoms with Crippen LogP contribution in [0.5, 0.6) is 0 Å². The minimum atomic E-state index is -4.07. The molecule has 0 heterocycles. The van der Waals surface area contributed by atoms with Crippen molar-refractivity contribution in [2.75, 3.05) is 10.5 Å². The number of hydrogen-bond donors (Lipinski definition) is 2. The molecule has 0 aliphatic rings. The van der Waals surface area contributed by atoms with Gasteiger partial charge in [0.2, 0.25) is 0 Å². The summed E-state index contributed by atoms with van der Waals surface area (Å²) in [4.78, 5) is 9.77. The second kappa shape index (κ2) is 5.85. The van der Waals surface area contributed by atoms with E-state index in [0.29, 0.717) is 5.69 Å². The number of hydrogen-bond acceptors (Lipinski definition) is 5. The number of nitrogens with one attached hydrogen (secondary N) is 1. The van der Waals surface area contributed by atoms with E-state index >= 15 is 0 Å². The molecule has 110 valence electrons. The predicted octanol–water partition coefficient (Wildman–Crippen LogP) is 2.58. The molecule has 2 aromatic carbocycles. The van der Waals surface area contributed by atoms with Gasteiger partial charge in [0.05, 0.1) is 4.92 Å². The first-order valence-corrected chi connectivity index (χ1v) is 8.18. The van der Waals surface area contributed by atoms with Crippen molar-refractivity contribution < 1.29 is 13.3 Å². The Labute approximate surface area is 134 Å². The topological polar surface area (TPSA) is 115 Å². The minimum Gasteiger partial charge on any atom is -0.399 e. The van der Waals surface area contributed by atoms with Crippen LogP contribution in [0.15, 0.2) is 47.4 Å². The number of sulfonamides is 1. The zero-order valence-corrected chi connectivity index (χ0v) is 13.5. The van der Waals surface area contributed by atoms with E-state index in [2.05, 4.69) is 27.3 Å². The van der Waals surface area contributed by atoms with Crippen LogP contribution in [-0.4, -0.2) is 13.3 Å². The van der Waals surface area contributed by atoms with Gasteiger partial charge in [-0.2, -0.15) is 0 Å². The Morgan fingerprint density at radius 3 is 2.33 bits per heavy atom. The predicted molar refractivity (Wildman–Crippen MR) is 87.5 cm³/mol. The maximum absolute atomic E-state index is 12.3. The van der Waals surface area contributed by atoms with Crippen LogP contribution in [0, 0.1) is 13.7 Å². The number of nitro benzene ring substituents is 1. The summed E-state index contributed by atoms with van der Waals surface area (Å²) in [5, 5.41) is 11.0. The summed E-state index contributed by atoms with van der Waals surface area (Å²) in [5.74, 6) is 0. The molecular weight excluding hydrogens is 409 g/mol. The first-order valence-electron chi connectivity index (χ1n) is 5.62. The fourth-order valence-corrected chi connectivity index (χ4v) is 3.20. The van der Waals surface area contributed by atoms with Gasteiger partial charge in [-0.25, -0.2) is 8.42 Å². The van der Waals surface area contributed by atoms with Crippen molar-refractivity contribution >= 4 is 49.7 Å². The zero-order valence-electron chi connectivity index (χ0n) is 10.5. The van der Waals surface area contributed by atoms with Crippen LogP contribution in [0.4, 0.5) is 17.1 Å². The highest BCUT2D eigenvalue weighted by molar-refractivity contribution is 14.1. The molecule has 0 saturated carbocycles. The van der Waals surface area contributed by atoms with E-state index in [9.17, 15) is 18.5 Å². The van der Waals surface area contributed by atoms with Gasteiger partial charge >= 0.3 is 0 Å². The highest BCUT2D eigenvalue weighted by Gasteiger charge is 2.26. The van der Waals surface area contributed by atoms with E-state index in [1.54, 1.807) is 24.3 Å². The number of nitrogens with zero attached hydrogens (tertiary/aromatic N) is 1. The molecule has 2 aromatic rings. The van der Waals surface area contributed by atoms with Crippen molar-refractivity contribution in [1.29, 1.82) is 0 Å².